The number of carbonyl (C=O) groups is 2. The number of amides is 2. The first kappa shape index (κ1) is 31.3. The predicted molar refractivity (Wildman–Crippen MR) is 183 cm³/mol. The van der Waals surface area contributed by atoms with Gasteiger partial charge in [-0.1, -0.05) is 18.7 Å². The van der Waals surface area contributed by atoms with Crippen molar-refractivity contribution in [2.24, 2.45) is 0 Å². The normalized spacial score (nSPS) is 15.9. The molecule has 1 spiro atoms. The number of nitrogens with zero attached hydrogens (tertiary/aromatic N) is 3. The van der Waals surface area contributed by atoms with Crippen LogP contribution in [0.3, 0.4) is 0 Å². The molecule has 5 aromatic rings. The van der Waals surface area contributed by atoms with Crippen LogP contribution in [-0.2, 0) is 39.3 Å². The van der Waals surface area contributed by atoms with Crippen molar-refractivity contribution in [2.75, 3.05) is 26.9 Å². The monoisotopic (exact) mass is 678 g/mol. The van der Waals surface area contributed by atoms with Gasteiger partial charge in [-0.3, -0.25) is 14.6 Å². The summed E-state index contributed by atoms with van der Waals surface area (Å²) in [4.78, 5) is 37.0. The van der Waals surface area contributed by atoms with E-state index >= 15 is 4.39 Å². The first-order chi connectivity index (χ1) is 23.8. The van der Waals surface area contributed by atoms with Crippen molar-refractivity contribution < 1.29 is 27.8 Å². The van der Waals surface area contributed by atoms with E-state index in [1.807, 2.05) is 29.6 Å². The van der Waals surface area contributed by atoms with Gasteiger partial charge in [0.05, 0.1) is 29.0 Å². The lowest BCUT2D eigenvalue weighted by molar-refractivity contribution is -0.127. The van der Waals surface area contributed by atoms with Crippen LogP contribution in [0.1, 0.15) is 35.2 Å². The zero-order chi connectivity index (χ0) is 33.9. The van der Waals surface area contributed by atoms with Crippen LogP contribution < -0.4 is 10.1 Å². The molecular weight excluding hydrogens is 647 g/mol. The molecule has 0 radical (unpaired) electrons. The molecule has 5 heterocycles. The van der Waals surface area contributed by atoms with Crippen LogP contribution in [0.5, 0.6) is 5.75 Å². The van der Waals surface area contributed by atoms with E-state index in [-0.39, 0.29) is 36.3 Å². The molecule has 248 valence electrons. The van der Waals surface area contributed by atoms with Crippen molar-refractivity contribution in [2.45, 2.75) is 37.8 Å². The minimum absolute atomic E-state index is 0.0352. The molecule has 2 aromatic carbocycles. The second-order valence-corrected chi connectivity index (χ2v) is 13.5. The summed E-state index contributed by atoms with van der Waals surface area (Å²) in [5, 5.41) is 5.78. The largest absolute Gasteiger partial charge is 0.490 e. The molecule has 0 bridgehead atoms. The van der Waals surface area contributed by atoms with E-state index in [0.29, 0.717) is 48.6 Å². The fourth-order valence-corrected chi connectivity index (χ4v) is 8.09. The van der Waals surface area contributed by atoms with Crippen LogP contribution in [-0.4, -0.2) is 53.6 Å². The molecule has 1 N–H and O–H groups in total. The van der Waals surface area contributed by atoms with Crippen molar-refractivity contribution in [3.05, 3.63) is 101 Å². The van der Waals surface area contributed by atoms with Gasteiger partial charge in [0, 0.05) is 84.0 Å². The average molecular weight is 679 g/mol. The molecule has 0 atom stereocenters. The lowest BCUT2D eigenvalue weighted by Crippen LogP contribution is -2.39. The highest BCUT2D eigenvalue weighted by Gasteiger charge is 2.53. The number of ether oxygens (including phenoxy) is 2. The van der Waals surface area contributed by atoms with Crippen LogP contribution in [0.15, 0.2) is 66.7 Å². The topological polar surface area (TPSA) is 93.7 Å². The van der Waals surface area contributed by atoms with Crippen LogP contribution >= 0.6 is 11.3 Å². The second-order valence-electron chi connectivity index (χ2n) is 12.6. The van der Waals surface area contributed by atoms with E-state index in [2.05, 4.69) is 18.0 Å². The summed E-state index contributed by atoms with van der Waals surface area (Å²) < 4.78 is 42.7. The van der Waals surface area contributed by atoms with E-state index in [1.165, 1.54) is 30.6 Å². The third-order valence-corrected chi connectivity index (χ3v) is 10.7. The lowest BCUT2D eigenvalue weighted by Gasteiger charge is -2.28. The third-order valence-electron chi connectivity index (χ3n) is 9.74. The number of hydrogen-bond acceptors (Lipinski definition) is 7. The number of hydrogen-bond donors (Lipinski definition) is 1. The van der Waals surface area contributed by atoms with E-state index in [0.717, 1.165) is 56.9 Å². The average Bonchev–Trinajstić information content (AvgIpc) is 3.75. The molecular formula is C38H32F2N4O4S. The zero-order valence-electron chi connectivity index (χ0n) is 26.8. The van der Waals surface area contributed by atoms with Gasteiger partial charge in [-0.15, -0.1) is 11.3 Å². The van der Waals surface area contributed by atoms with Crippen molar-refractivity contribution in [1.29, 1.82) is 0 Å². The van der Waals surface area contributed by atoms with Gasteiger partial charge >= 0.3 is 0 Å². The lowest BCUT2D eigenvalue weighted by atomic mass is 9.85. The standard InChI is InChI=1S/C38H32F2N4O4S/c1-3-31(45)44-10-6-29-24(20-44)15-23(19-41-29)35-33(32-28(40)16-25(39)17-30(32)48-12-11-47-2)36-26(7-13-49-36)34(43-35)21-4-5-27-22(14-21)18-42-37(46)38(27)8-9-38/h3-5,7,13-17,19H,1,6,8-12,18,20H2,2H3,(H,42,46). The van der Waals surface area contributed by atoms with Crippen molar-refractivity contribution >= 4 is 33.2 Å². The molecule has 1 saturated carbocycles. The fraction of sp³-hybridized carbons (Fsp3) is 0.263. The summed E-state index contributed by atoms with van der Waals surface area (Å²) in [5.74, 6) is -1.60. The van der Waals surface area contributed by atoms with Crippen molar-refractivity contribution in [3.8, 4) is 39.4 Å². The molecule has 49 heavy (non-hydrogen) atoms. The minimum atomic E-state index is -0.786. The smallest absolute Gasteiger partial charge is 0.246 e. The number of pyridine rings is 2. The quantitative estimate of drug-likeness (QED) is 0.145. The number of benzene rings is 2. The molecule has 2 amide bonds. The Balaban J connectivity index is 1.36. The van der Waals surface area contributed by atoms with Gasteiger partial charge < -0.3 is 19.7 Å². The van der Waals surface area contributed by atoms with E-state index in [1.54, 1.807) is 11.1 Å². The Labute approximate surface area is 285 Å². The van der Waals surface area contributed by atoms with Crippen LogP contribution in [0.25, 0.3) is 43.7 Å². The Morgan fingerprint density at radius 1 is 1.08 bits per heavy atom. The van der Waals surface area contributed by atoms with Gasteiger partial charge in [0.1, 0.15) is 24.0 Å². The molecule has 2 aliphatic heterocycles. The Morgan fingerprint density at radius 2 is 1.92 bits per heavy atom. The number of carbonyl (C=O) groups excluding carboxylic acids is 2. The maximum Gasteiger partial charge on any atom is 0.246 e. The number of aromatic nitrogens is 2. The summed E-state index contributed by atoms with van der Waals surface area (Å²) in [6.07, 6.45) is 5.27. The SMILES string of the molecule is C=CC(=O)N1CCc2ncc(-c3nc(-c4ccc5c(c4)CNC(=O)C54CC4)c4ccsc4c3-c3c(F)cc(F)cc3OCCOC)cc2C1. The molecule has 1 fully saturated rings. The molecule has 8 rings (SSSR count). The minimum Gasteiger partial charge on any atom is -0.490 e. The van der Waals surface area contributed by atoms with Crippen LogP contribution in [0.4, 0.5) is 8.78 Å². The first-order valence-electron chi connectivity index (χ1n) is 16.1. The van der Waals surface area contributed by atoms with Gasteiger partial charge in [-0.25, -0.2) is 13.8 Å². The Kier molecular flexibility index (Phi) is 7.76. The predicted octanol–water partition coefficient (Wildman–Crippen LogP) is 6.73. The summed E-state index contributed by atoms with van der Waals surface area (Å²) in [5.41, 5.74) is 6.53. The van der Waals surface area contributed by atoms with Crippen molar-refractivity contribution in [3.63, 3.8) is 0 Å². The summed E-state index contributed by atoms with van der Waals surface area (Å²) in [6.45, 7) is 5.26. The molecule has 1 aliphatic carbocycles. The number of rotatable bonds is 8. The van der Waals surface area contributed by atoms with Gasteiger partial charge in [0.15, 0.2) is 0 Å². The maximum absolute atomic E-state index is 16.1. The van der Waals surface area contributed by atoms with Gasteiger partial charge in [0.25, 0.3) is 0 Å². The first-order valence-corrected chi connectivity index (χ1v) is 17.0. The summed E-state index contributed by atoms with van der Waals surface area (Å²) in [6, 6.07) is 12.1. The zero-order valence-corrected chi connectivity index (χ0v) is 27.6. The summed E-state index contributed by atoms with van der Waals surface area (Å²) >= 11 is 1.43. The summed E-state index contributed by atoms with van der Waals surface area (Å²) in [7, 11) is 1.53. The highest BCUT2D eigenvalue weighted by atomic mass is 32.1. The molecule has 11 heteroatoms. The molecule has 0 saturated heterocycles. The van der Waals surface area contributed by atoms with Crippen molar-refractivity contribution in [1.82, 2.24) is 20.2 Å². The number of thiophene rings is 1. The third kappa shape index (κ3) is 5.28. The van der Waals surface area contributed by atoms with Gasteiger partial charge in [-0.05, 0) is 59.2 Å². The number of methoxy groups -OCH3 is 1. The Hall–Kier alpha value is -5.00. The molecule has 0 unspecified atom stereocenters. The second kappa shape index (κ2) is 12.2. The number of nitrogens with one attached hydrogen (secondary N) is 1. The van der Waals surface area contributed by atoms with Gasteiger partial charge in [-0.2, -0.15) is 0 Å². The molecule has 8 nitrogen and oxygen atoms in total. The Morgan fingerprint density at radius 3 is 2.71 bits per heavy atom. The fourth-order valence-electron chi connectivity index (χ4n) is 7.14. The maximum atomic E-state index is 16.1. The Bertz CT molecular complexity index is 2190. The highest BCUT2D eigenvalue weighted by Crippen LogP contribution is 2.52. The van der Waals surface area contributed by atoms with E-state index < -0.39 is 17.0 Å². The van der Waals surface area contributed by atoms with Crippen LogP contribution in [0.2, 0.25) is 0 Å². The highest BCUT2D eigenvalue weighted by molar-refractivity contribution is 7.18. The number of fused-ring (bicyclic) bond motifs is 4. The molecule has 3 aromatic heterocycles. The van der Waals surface area contributed by atoms with E-state index in [4.69, 9.17) is 19.4 Å². The number of halogens is 2. The van der Waals surface area contributed by atoms with E-state index in [9.17, 15) is 14.0 Å². The van der Waals surface area contributed by atoms with Crippen LogP contribution in [0, 0.1) is 11.6 Å². The molecule has 3 aliphatic rings. The van der Waals surface area contributed by atoms with Gasteiger partial charge in [0.2, 0.25) is 11.8 Å².